The molecule has 2 nitrogen and oxygen atoms in total. The van der Waals surface area contributed by atoms with Crippen molar-refractivity contribution in [3.8, 4) is 0 Å². The fourth-order valence-corrected chi connectivity index (χ4v) is 2.95. The third-order valence-corrected chi connectivity index (χ3v) is 4.06. The van der Waals surface area contributed by atoms with E-state index in [-0.39, 0.29) is 0 Å². The van der Waals surface area contributed by atoms with Crippen molar-refractivity contribution in [3.63, 3.8) is 0 Å². The highest BCUT2D eigenvalue weighted by Gasteiger charge is 2.15. The Morgan fingerprint density at radius 1 is 1.22 bits per heavy atom. The molecule has 0 atom stereocenters. The highest BCUT2D eigenvalue weighted by molar-refractivity contribution is 5.85. The number of rotatable bonds is 2. The Kier molecular flexibility index (Phi) is 3.28. The van der Waals surface area contributed by atoms with Crippen LogP contribution in [0.25, 0.3) is 10.8 Å². The minimum absolute atomic E-state index is 0.723. The Balaban J connectivity index is 2.00. The highest BCUT2D eigenvalue weighted by atomic mass is 14.9. The van der Waals surface area contributed by atoms with Gasteiger partial charge in [0, 0.05) is 17.8 Å². The van der Waals surface area contributed by atoms with E-state index in [4.69, 9.17) is 0 Å². The largest absolute Gasteiger partial charge is 0.317 e. The second-order valence-electron chi connectivity index (χ2n) is 5.16. The summed E-state index contributed by atoms with van der Waals surface area (Å²) in [7, 11) is 0. The molecule has 1 aliphatic rings. The van der Waals surface area contributed by atoms with Crippen LogP contribution in [0.15, 0.2) is 30.6 Å². The highest BCUT2D eigenvalue weighted by Crippen LogP contribution is 2.28. The first-order chi connectivity index (χ1) is 8.88. The van der Waals surface area contributed by atoms with Crippen LogP contribution in [0.5, 0.6) is 0 Å². The molecule has 2 heteroatoms. The zero-order valence-electron chi connectivity index (χ0n) is 10.9. The molecule has 2 aromatic rings. The lowest BCUT2D eigenvalue weighted by molar-refractivity contribution is 0.460. The van der Waals surface area contributed by atoms with Gasteiger partial charge in [0.1, 0.15) is 0 Å². The number of piperidine rings is 1. The van der Waals surface area contributed by atoms with Crippen molar-refractivity contribution >= 4 is 10.8 Å². The molecule has 0 spiro atoms. The monoisotopic (exact) mass is 240 g/mol. The van der Waals surface area contributed by atoms with Crippen molar-refractivity contribution in [3.05, 3.63) is 41.7 Å². The molecule has 1 N–H and O–H groups in total. The van der Waals surface area contributed by atoms with Crippen molar-refractivity contribution in [1.29, 1.82) is 0 Å². The Morgan fingerprint density at radius 3 is 2.83 bits per heavy atom. The van der Waals surface area contributed by atoms with Gasteiger partial charge in [-0.15, -0.1) is 0 Å². The van der Waals surface area contributed by atoms with Gasteiger partial charge < -0.3 is 5.32 Å². The van der Waals surface area contributed by atoms with Crippen LogP contribution in [-0.4, -0.2) is 18.1 Å². The first kappa shape index (κ1) is 11.7. The molecular formula is C16H20N2. The minimum Gasteiger partial charge on any atom is -0.317 e. The molecule has 0 unspecified atom stereocenters. The van der Waals surface area contributed by atoms with Gasteiger partial charge in [0.15, 0.2) is 0 Å². The van der Waals surface area contributed by atoms with Crippen LogP contribution in [0.3, 0.4) is 0 Å². The molecule has 2 heterocycles. The van der Waals surface area contributed by atoms with Crippen molar-refractivity contribution < 1.29 is 0 Å². The molecule has 94 valence electrons. The molecule has 1 aromatic carbocycles. The van der Waals surface area contributed by atoms with Gasteiger partial charge in [-0.3, -0.25) is 4.98 Å². The summed E-state index contributed by atoms with van der Waals surface area (Å²) in [6, 6.07) is 6.95. The van der Waals surface area contributed by atoms with E-state index in [2.05, 4.69) is 35.4 Å². The van der Waals surface area contributed by atoms with E-state index in [0.29, 0.717) is 0 Å². The lowest BCUT2D eigenvalue weighted by atomic mass is 9.89. The van der Waals surface area contributed by atoms with Crippen LogP contribution in [0.1, 0.15) is 36.8 Å². The van der Waals surface area contributed by atoms with Crippen molar-refractivity contribution in [2.75, 3.05) is 13.1 Å². The van der Waals surface area contributed by atoms with Crippen molar-refractivity contribution in [2.24, 2.45) is 0 Å². The van der Waals surface area contributed by atoms with Gasteiger partial charge in [0.05, 0.1) is 0 Å². The van der Waals surface area contributed by atoms with Gasteiger partial charge in [0.2, 0.25) is 0 Å². The molecule has 1 saturated heterocycles. The number of benzene rings is 1. The van der Waals surface area contributed by atoms with E-state index in [1.54, 1.807) is 0 Å². The van der Waals surface area contributed by atoms with E-state index in [9.17, 15) is 0 Å². The van der Waals surface area contributed by atoms with E-state index in [1.165, 1.54) is 34.7 Å². The van der Waals surface area contributed by atoms with Crippen LogP contribution in [-0.2, 0) is 6.42 Å². The summed E-state index contributed by atoms with van der Waals surface area (Å²) in [5, 5.41) is 6.09. The first-order valence-electron chi connectivity index (χ1n) is 6.95. The number of hydrogen-bond donors (Lipinski definition) is 1. The zero-order chi connectivity index (χ0) is 12.4. The summed E-state index contributed by atoms with van der Waals surface area (Å²) in [6.45, 7) is 4.49. The lowest BCUT2D eigenvalue weighted by Crippen LogP contribution is -2.26. The zero-order valence-corrected chi connectivity index (χ0v) is 10.9. The van der Waals surface area contributed by atoms with E-state index in [1.807, 2.05) is 12.4 Å². The summed E-state index contributed by atoms with van der Waals surface area (Å²) < 4.78 is 0. The second-order valence-corrected chi connectivity index (χ2v) is 5.16. The smallest absolute Gasteiger partial charge is 0.0346 e. The average molecular weight is 240 g/mol. The molecule has 0 saturated carbocycles. The molecule has 0 radical (unpaired) electrons. The fraction of sp³-hybridized carbons (Fsp3) is 0.438. The summed E-state index contributed by atoms with van der Waals surface area (Å²) in [5.41, 5.74) is 2.84. The number of hydrogen-bond acceptors (Lipinski definition) is 2. The van der Waals surface area contributed by atoms with Crippen LogP contribution < -0.4 is 5.32 Å². The fourth-order valence-electron chi connectivity index (χ4n) is 2.95. The van der Waals surface area contributed by atoms with Gasteiger partial charge in [-0.05, 0) is 60.8 Å². The molecular weight excluding hydrogens is 220 g/mol. The molecule has 1 aromatic heterocycles. The topological polar surface area (TPSA) is 24.9 Å². The van der Waals surface area contributed by atoms with Crippen LogP contribution >= 0.6 is 0 Å². The average Bonchev–Trinajstić information content (AvgIpc) is 2.47. The number of nitrogens with zero attached hydrogens (tertiary/aromatic N) is 1. The molecule has 1 fully saturated rings. The van der Waals surface area contributed by atoms with Gasteiger partial charge >= 0.3 is 0 Å². The first-order valence-corrected chi connectivity index (χ1v) is 6.95. The van der Waals surface area contributed by atoms with Crippen LogP contribution in [0, 0.1) is 0 Å². The minimum atomic E-state index is 0.723. The Morgan fingerprint density at radius 2 is 2.06 bits per heavy atom. The van der Waals surface area contributed by atoms with Gasteiger partial charge in [-0.1, -0.05) is 19.1 Å². The van der Waals surface area contributed by atoms with E-state index < -0.39 is 0 Å². The van der Waals surface area contributed by atoms with E-state index in [0.717, 1.165) is 25.4 Å². The molecule has 0 bridgehead atoms. The van der Waals surface area contributed by atoms with Gasteiger partial charge in [0.25, 0.3) is 0 Å². The number of pyridine rings is 1. The predicted octanol–water partition coefficient (Wildman–Crippen LogP) is 3.26. The molecule has 1 aliphatic heterocycles. The second kappa shape index (κ2) is 5.07. The number of aromatic nitrogens is 1. The summed E-state index contributed by atoms with van der Waals surface area (Å²) in [6.07, 6.45) is 7.56. The SMILES string of the molecule is CCc1cncc2cc(C3CCNCC3)ccc12. The summed E-state index contributed by atoms with van der Waals surface area (Å²) in [4.78, 5) is 4.36. The van der Waals surface area contributed by atoms with Gasteiger partial charge in [-0.25, -0.2) is 0 Å². The quantitative estimate of drug-likeness (QED) is 0.871. The standard InChI is InChI=1S/C16H20N2/c1-2-12-10-18-11-15-9-14(3-4-16(12)15)13-5-7-17-8-6-13/h3-4,9-11,13,17H,2,5-8H2,1H3. The maximum absolute atomic E-state index is 4.36. The number of aryl methyl sites for hydroxylation is 1. The lowest BCUT2D eigenvalue weighted by Gasteiger charge is -2.23. The molecule has 18 heavy (non-hydrogen) atoms. The predicted molar refractivity (Wildman–Crippen MR) is 76.0 cm³/mol. The van der Waals surface area contributed by atoms with Crippen molar-refractivity contribution in [1.82, 2.24) is 10.3 Å². The summed E-state index contributed by atoms with van der Waals surface area (Å²) >= 11 is 0. The molecule has 0 amide bonds. The normalized spacial score (nSPS) is 17.2. The third kappa shape index (κ3) is 2.13. The number of fused-ring (bicyclic) bond motifs is 1. The Hall–Kier alpha value is -1.41. The van der Waals surface area contributed by atoms with E-state index >= 15 is 0 Å². The van der Waals surface area contributed by atoms with Crippen LogP contribution in [0.4, 0.5) is 0 Å². The molecule has 0 aliphatic carbocycles. The Labute approximate surface area is 108 Å². The maximum Gasteiger partial charge on any atom is 0.0346 e. The number of nitrogens with one attached hydrogen (secondary N) is 1. The third-order valence-electron chi connectivity index (χ3n) is 4.06. The molecule has 3 rings (SSSR count). The van der Waals surface area contributed by atoms with Crippen molar-refractivity contribution in [2.45, 2.75) is 32.1 Å². The van der Waals surface area contributed by atoms with Crippen LogP contribution in [0.2, 0.25) is 0 Å². The Bertz CT molecular complexity index is 542. The van der Waals surface area contributed by atoms with Gasteiger partial charge in [-0.2, -0.15) is 0 Å². The summed E-state index contributed by atoms with van der Waals surface area (Å²) in [5.74, 6) is 0.723. The maximum atomic E-state index is 4.36.